The van der Waals surface area contributed by atoms with Gasteiger partial charge in [-0.2, -0.15) is 0 Å². The standard InChI is InChI=1S/C20H38O3/c1-3-4-5-10-15-20(17-21)16-11-13-18(20)12-8-6-7-9-14-19(22)23-2/h18,21H,3-17H2,1-2H3. The summed E-state index contributed by atoms with van der Waals surface area (Å²) in [4.78, 5) is 11.1. The van der Waals surface area contributed by atoms with Crippen molar-refractivity contribution < 1.29 is 14.6 Å². The van der Waals surface area contributed by atoms with Crippen LogP contribution in [0.4, 0.5) is 0 Å². The van der Waals surface area contributed by atoms with Gasteiger partial charge in [-0.15, -0.1) is 0 Å². The Bertz CT molecular complexity index is 316. The van der Waals surface area contributed by atoms with Crippen LogP contribution in [0, 0.1) is 11.3 Å². The van der Waals surface area contributed by atoms with Crippen LogP contribution in [0.15, 0.2) is 0 Å². The first-order valence-electron chi connectivity index (χ1n) is 9.86. The summed E-state index contributed by atoms with van der Waals surface area (Å²) >= 11 is 0. The highest BCUT2D eigenvalue weighted by molar-refractivity contribution is 5.68. The first-order valence-corrected chi connectivity index (χ1v) is 9.86. The van der Waals surface area contributed by atoms with Crippen molar-refractivity contribution in [2.75, 3.05) is 13.7 Å². The second-order valence-corrected chi connectivity index (χ2v) is 7.45. The first kappa shape index (κ1) is 20.5. The number of aliphatic hydroxyl groups is 1. The highest BCUT2D eigenvalue weighted by Crippen LogP contribution is 2.49. The number of methoxy groups -OCH3 is 1. The lowest BCUT2D eigenvalue weighted by molar-refractivity contribution is -0.140. The lowest BCUT2D eigenvalue weighted by Gasteiger charge is -2.34. The van der Waals surface area contributed by atoms with Crippen LogP contribution in [-0.4, -0.2) is 24.8 Å². The third-order valence-electron chi connectivity index (χ3n) is 5.85. The molecule has 1 fully saturated rings. The lowest BCUT2D eigenvalue weighted by atomic mass is 9.72. The van der Waals surface area contributed by atoms with E-state index in [0.717, 1.165) is 18.8 Å². The van der Waals surface area contributed by atoms with Crippen molar-refractivity contribution in [2.24, 2.45) is 11.3 Å². The van der Waals surface area contributed by atoms with Gasteiger partial charge in [0, 0.05) is 13.0 Å². The van der Waals surface area contributed by atoms with E-state index in [2.05, 4.69) is 11.7 Å². The van der Waals surface area contributed by atoms with Crippen LogP contribution < -0.4 is 0 Å². The molecule has 0 radical (unpaired) electrons. The lowest BCUT2D eigenvalue weighted by Crippen LogP contribution is -2.30. The Kier molecular flexibility index (Phi) is 10.6. The Morgan fingerprint density at radius 2 is 1.87 bits per heavy atom. The number of unbranched alkanes of at least 4 members (excludes halogenated alkanes) is 6. The first-order chi connectivity index (χ1) is 11.2. The molecule has 3 heteroatoms. The van der Waals surface area contributed by atoms with Crippen LogP contribution in [0.1, 0.15) is 96.8 Å². The van der Waals surface area contributed by atoms with Crippen molar-refractivity contribution in [1.82, 2.24) is 0 Å². The van der Waals surface area contributed by atoms with E-state index in [9.17, 15) is 9.90 Å². The van der Waals surface area contributed by atoms with E-state index in [1.165, 1.54) is 77.7 Å². The van der Waals surface area contributed by atoms with E-state index in [4.69, 9.17) is 0 Å². The molecule has 136 valence electrons. The van der Waals surface area contributed by atoms with Gasteiger partial charge >= 0.3 is 5.97 Å². The number of esters is 1. The van der Waals surface area contributed by atoms with E-state index in [1.807, 2.05) is 0 Å². The van der Waals surface area contributed by atoms with Crippen molar-refractivity contribution in [3.63, 3.8) is 0 Å². The Morgan fingerprint density at radius 1 is 1.13 bits per heavy atom. The van der Waals surface area contributed by atoms with Crippen LogP contribution in [0.5, 0.6) is 0 Å². The number of carbonyl (C=O) groups is 1. The molecule has 2 unspecified atom stereocenters. The smallest absolute Gasteiger partial charge is 0.305 e. The molecule has 1 N–H and O–H groups in total. The third kappa shape index (κ3) is 7.24. The molecule has 0 aromatic carbocycles. The zero-order chi connectivity index (χ0) is 17.0. The minimum absolute atomic E-state index is 0.0906. The summed E-state index contributed by atoms with van der Waals surface area (Å²) in [5, 5.41) is 10.0. The quantitative estimate of drug-likeness (QED) is 0.371. The fourth-order valence-corrected chi connectivity index (χ4v) is 4.30. The minimum atomic E-state index is -0.0906. The second-order valence-electron chi connectivity index (χ2n) is 7.45. The molecule has 1 aliphatic carbocycles. The Balaban J connectivity index is 2.23. The highest BCUT2D eigenvalue weighted by Gasteiger charge is 2.40. The molecule has 0 heterocycles. The van der Waals surface area contributed by atoms with Crippen molar-refractivity contribution in [2.45, 2.75) is 96.8 Å². The van der Waals surface area contributed by atoms with Gasteiger partial charge < -0.3 is 9.84 Å². The van der Waals surface area contributed by atoms with Gasteiger partial charge in [-0.05, 0) is 43.4 Å². The summed E-state index contributed by atoms with van der Waals surface area (Å²) in [5.74, 6) is 0.627. The van der Waals surface area contributed by atoms with Gasteiger partial charge in [0.25, 0.3) is 0 Å². The molecular formula is C20H38O3. The van der Waals surface area contributed by atoms with Crippen LogP contribution in [-0.2, 0) is 9.53 Å². The maximum Gasteiger partial charge on any atom is 0.305 e. The summed E-state index contributed by atoms with van der Waals surface area (Å²) in [7, 11) is 1.46. The molecule has 23 heavy (non-hydrogen) atoms. The zero-order valence-corrected chi connectivity index (χ0v) is 15.4. The van der Waals surface area contributed by atoms with Gasteiger partial charge in [-0.1, -0.05) is 58.3 Å². The van der Waals surface area contributed by atoms with Gasteiger partial charge in [0.1, 0.15) is 0 Å². The summed E-state index contributed by atoms with van der Waals surface area (Å²) in [6.45, 7) is 2.63. The molecular weight excluding hydrogens is 288 g/mol. The number of aliphatic hydroxyl groups excluding tert-OH is 1. The monoisotopic (exact) mass is 326 g/mol. The molecule has 1 saturated carbocycles. The molecule has 1 aliphatic rings. The maximum atomic E-state index is 11.1. The average molecular weight is 327 g/mol. The van der Waals surface area contributed by atoms with Gasteiger partial charge in [0.15, 0.2) is 0 Å². The Labute approximate surface area is 143 Å². The predicted octanol–water partition coefficient (Wildman–Crippen LogP) is 5.25. The summed E-state index contributed by atoms with van der Waals surface area (Å²) in [5.41, 5.74) is 0.222. The fraction of sp³-hybridized carbons (Fsp3) is 0.950. The number of hydrogen-bond acceptors (Lipinski definition) is 3. The Hall–Kier alpha value is -0.570. The predicted molar refractivity (Wildman–Crippen MR) is 95.3 cm³/mol. The number of ether oxygens (including phenoxy) is 1. The van der Waals surface area contributed by atoms with E-state index in [1.54, 1.807) is 0 Å². The number of rotatable bonds is 13. The zero-order valence-electron chi connectivity index (χ0n) is 15.4. The molecule has 0 aliphatic heterocycles. The van der Waals surface area contributed by atoms with Crippen molar-refractivity contribution in [1.29, 1.82) is 0 Å². The number of hydrogen-bond donors (Lipinski definition) is 1. The van der Waals surface area contributed by atoms with Crippen molar-refractivity contribution in [3.05, 3.63) is 0 Å². The molecule has 1 rings (SSSR count). The Morgan fingerprint density at radius 3 is 2.57 bits per heavy atom. The molecule has 0 aromatic heterocycles. The highest BCUT2D eigenvalue weighted by atomic mass is 16.5. The molecule has 2 atom stereocenters. The molecule has 0 amide bonds. The molecule has 3 nitrogen and oxygen atoms in total. The molecule has 0 spiro atoms. The van der Waals surface area contributed by atoms with Crippen molar-refractivity contribution >= 4 is 5.97 Å². The van der Waals surface area contributed by atoms with Crippen LogP contribution in [0.25, 0.3) is 0 Å². The van der Waals surface area contributed by atoms with E-state index >= 15 is 0 Å². The van der Waals surface area contributed by atoms with E-state index in [0.29, 0.717) is 13.0 Å². The van der Waals surface area contributed by atoms with E-state index in [-0.39, 0.29) is 11.4 Å². The summed E-state index contributed by atoms with van der Waals surface area (Å²) < 4.78 is 4.67. The minimum Gasteiger partial charge on any atom is -0.469 e. The van der Waals surface area contributed by atoms with Gasteiger partial charge in [0.2, 0.25) is 0 Å². The van der Waals surface area contributed by atoms with Crippen molar-refractivity contribution in [3.8, 4) is 0 Å². The topological polar surface area (TPSA) is 46.5 Å². The van der Waals surface area contributed by atoms with Crippen LogP contribution >= 0.6 is 0 Å². The largest absolute Gasteiger partial charge is 0.469 e. The summed E-state index contributed by atoms with van der Waals surface area (Å²) in [6.07, 6.45) is 16.6. The molecule has 0 saturated heterocycles. The number of carbonyl (C=O) groups excluding carboxylic acids is 1. The van der Waals surface area contributed by atoms with Crippen LogP contribution in [0.2, 0.25) is 0 Å². The van der Waals surface area contributed by atoms with Crippen LogP contribution in [0.3, 0.4) is 0 Å². The average Bonchev–Trinajstić information content (AvgIpc) is 2.97. The molecule has 0 bridgehead atoms. The SMILES string of the molecule is CCCCCCC1(CO)CCCC1CCCCCCC(=O)OC. The van der Waals surface area contributed by atoms with Gasteiger partial charge in [-0.25, -0.2) is 0 Å². The van der Waals surface area contributed by atoms with E-state index < -0.39 is 0 Å². The maximum absolute atomic E-state index is 11.1. The molecule has 0 aromatic rings. The normalized spacial score (nSPS) is 24.0. The van der Waals surface area contributed by atoms with Gasteiger partial charge in [-0.3, -0.25) is 4.79 Å². The second kappa shape index (κ2) is 11.9. The third-order valence-corrected chi connectivity index (χ3v) is 5.85. The van der Waals surface area contributed by atoms with Gasteiger partial charge in [0.05, 0.1) is 7.11 Å². The fourth-order valence-electron chi connectivity index (χ4n) is 4.30. The summed E-state index contributed by atoms with van der Waals surface area (Å²) in [6, 6.07) is 0.